The van der Waals surface area contributed by atoms with Gasteiger partial charge in [-0.2, -0.15) is 10.1 Å². The number of carbonyl (C=O) groups is 1. The SMILES string of the molecule is COC(O)c1cc(C)n(-c2nc(N3CCN(C(=O)N4N=CC[C@H]4c4cc(F)cc(F)c4)CC3)ncc2F)c1. The smallest absolute Gasteiger partial charge is 0.341 e. The van der Waals surface area contributed by atoms with Gasteiger partial charge in [-0.1, -0.05) is 0 Å². The molecule has 0 saturated carbocycles. The number of benzene rings is 1. The van der Waals surface area contributed by atoms with Gasteiger partial charge in [0.15, 0.2) is 17.9 Å². The van der Waals surface area contributed by atoms with E-state index < -0.39 is 29.8 Å². The van der Waals surface area contributed by atoms with Crippen LogP contribution in [0.3, 0.4) is 0 Å². The molecule has 0 bridgehead atoms. The van der Waals surface area contributed by atoms with E-state index in [1.807, 2.05) is 4.90 Å². The van der Waals surface area contributed by atoms with Crippen molar-refractivity contribution in [2.75, 3.05) is 38.2 Å². The number of urea groups is 1. The van der Waals surface area contributed by atoms with Crippen LogP contribution in [-0.2, 0) is 4.74 Å². The van der Waals surface area contributed by atoms with Gasteiger partial charge in [0.25, 0.3) is 0 Å². The molecule has 1 aromatic carbocycles. The van der Waals surface area contributed by atoms with Gasteiger partial charge >= 0.3 is 6.03 Å². The number of methoxy groups -OCH3 is 1. The normalized spacial score (nSPS) is 18.4. The number of aromatic nitrogens is 3. The number of piperazine rings is 1. The Morgan fingerprint density at radius 1 is 1.11 bits per heavy atom. The highest BCUT2D eigenvalue weighted by molar-refractivity contribution is 5.78. The largest absolute Gasteiger partial charge is 0.364 e. The van der Waals surface area contributed by atoms with Crippen LogP contribution in [-0.4, -0.2) is 75.1 Å². The standard InChI is InChI=1S/C25H26F3N7O3/c1-15-9-17(23(36)38-2)14-34(15)22-20(28)13-29-24(31-22)32-5-7-33(8-6-32)25(37)35-21(3-4-30-35)16-10-18(26)12-19(27)11-16/h4,9-14,21,23,36H,3,5-8H2,1-2H3/t21-,23?/m0/s1. The van der Waals surface area contributed by atoms with Crippen molar-refractivity contribution in [1.29, 1.82) is 0 Å². The number of aliphatic hydroxyl groups excluding tert-OH is 1. The number of anilines is 1. The van der Waals surface area contributed by atoms with E-state index in [9.17, 15) is 23.1 Å². The predicted molar refractivity (Wildman–Crippen MR) is 131 cm³/mol. The van der Waals surface area contributed by atoms with Gasteiger partial charge in [-0.05, 0) is 30.7 Å². The Hall–Kier alpha value is -3.97. The minimum absolute atomic E-state index is 0.0251. The van der Waals surface area contributed by atoms with Crippen molar-refractivity contribution in [3.63, 3.8) is 0 Å². The topological polar surface area (TPSA) is 99.3 Å². The Morgan fingerprint density at radius 3 is 2.50 bits per heavy atom. The molecule has 2 aliphatic rings. The maximum absolute atomic E-state index is 14.7. The summed E-state index contributed by atoms with van der Waals surface area (Å²) in [6.45, 7) is 3.15. The molecular formula is C25H26F3N7O3. The molecule has 1 N–H and O–H groups in total. The Balaban J connectivity index is 1.28. The van der Waals surface area contributed by atoms with Gasteiger partial charge in [0.2, 0.25) is 5.95 Å². The Kier molecular flexibility index (Phi) is 7.04. The van der Waals surface area contributed by atoms with Crippen LogP contribution in [0.15, 0.2) is 41.8 Å². The molecule has 5 rings (SSSR count). The van der Waals surface area contributed by atoms with Crippen molar-refractivity contribution in [3.8, 4) is 5.82 Å². The van der Waals surface area contributed by atoms with E-state index in [0.29, 0.717) is 55.4 Å². The lowest BCUT2D eigenvalue weighted by molar-refractivity contribution is -0.0769. The van der Waals surface area contributed by atoms with Gasteiger partial charge in [0.1, 0.15) is 11.6 Å². The van der Waals surface area contributed by atoms with Crippen molar-refractivity contribution in [2.24, 2.45) is 5.10 Å². The van der Waals surface area contributed by atoms with Crippen LogP contribution < -0.4 is 4.90 Å². The van der Waals surface area contributed by atoms with Crippen molar-refractivity contribution < 1.29 is 27.8 Å². The summed E-state index contributed by atoms with van der Waals surface area (Å²) >= 11 is 0. The molecule has 4 heterocycles. The van der Waals surface area contributed by atoms with Gasteiger partial charge in [-0.25, -0.2) is 28.0 Å². The number of hydrogen-bond acceptors (Lipinski definition) is 7. The first-order chi connectivity index (χ1) is 18.2. The highest BCUT2D eigenvalue weighted by Crippen LogP contribution is 2.31. The molecule has 10 nitrogen and oxygen atoms in total. The van der Waals surface area contributed by atoms with Crippen LogP contribution in [0.1, 0.15) is 35.6 Å². The lowest BCUT2D eigenvalue weighted by Gasteiger charge is -2.37. The molecular weight excluding hydrogens is 503 g/mol. The second-order valence-electron chi connectivity index (χ2n) is 9.07. The van der Waals surface area contributed by atoms with Gasteiger partial charge < -0.3 is 24.2 Å². The van der Waals surface area contributed by atoms with E-state index in [1.165, 1.54) is 28.8 Å². The first-order valence-corrected chi connectivity index (χ1v) is 12.0. The summed E-state index contributed by atoms with van der Waals surface area (Å²) in [6, 6.07) is 3.89. The average molecular weight is 530 g/mol. The Labute approximate surface area is 216 Å². The maximum Gasteiger partial charge on any atom is 0.341 e. The summed E-state index contributed by atoms with van der Waals surface area (Å²) in [5, 5.41) is 15.3. The van der Waals surface area contributed by atoms with Crippen molar-refractivity contribution in [1.82, 2.24) is 24.4 Å². The van der Waals surface area contributed by atoms with E-state index in [1.54, 1.807) is 30.3 Å². The minimum Gasteiger partial charge on any atom is -0.364 e. The van der Waals surface area contributed by atoms with Crippen LogP contribution >= 0.6 is 0 Å². The summed E-state index contributed by atoms with van der Waals surface area (Å²) in [6.07, 6.45) is 3.39. The summed E-state index contributed by atoms with van der Waals surface area (Å²) in [4.78, 5) is 25.2. The van der Waals surface area contributed by atoms with E-state index in [4.69, 9.17) is 4.74 Å². The van der Waals surface area contributed by atoms with Crippen LogP contribution in [0.25, 0.3) is 5.82 Å². The van der Waals surface area contributed by atoms with Gasteiger partial charge in [-0.3, -0.25) is 0 Å². The van der Waals surface area contributed by atoms with Crippen molar-refractivity contribution >= 4 is 18.2 Å². The molecule has 2 aliphatic heterocycles. The summed E-state index contributed by atoms with van der Waals surface area (Å²) in [7, 11) is 1.36. The lowest BCUT2D eigenvalue weighted by Crippen LogP contribution is -2.52. The molecule has 0 aliphatic carbocycles. The summed E-state index contributed by atoms with van der Waals surface area (Å²) in [5.74, 6) is -1.74. The average Bonchev–Trinajstić information content (AvgIpc) is 3.55. The van der Waals surface area contributed by atoms with E-state index in [0.717, 1.165) is 12.3 Å². The summed E-state index contributed by atoms with van der Waals surface area (Å²) in [5.41, 5.74) is 1.44. The van der Waals surface area contributed by atoms with Crippen LogP contribution in [0.4, 0.5) is 23.9 Å². The third-order valence-corrected chi connectivity index (χ3v) is 6.61. The molecule has 2 atom stereocenters. The quantitative estimate of drug-likeness (QED) is 0.510. The number of ether oxygens (including phenoxy) is 1. The fourth-order valence-electron chi connectivity index (χ4n) is 4.65. The lowest BCUT2D eigenvalue weighted by atomic mass is 10.0. The first-order valence-electron chi connectivity index (χ1n) is 12.0. The molecule has 3 aromatic rings. The number of aryl methyl sites for hydroxylation is 1. The molecule has 1 saturated heterocycles. The third-order valence-electron chi connectivity index (χ3n) is 6.61. The van der Waals surface area contributed by atoms with Gasteiger partial charge in [0, 0.05) is 69.4 Å². The Bertz CT molecular complexity index is 1350. The second-order valence-corrected chi connectivity index (χ2v) is 9.07. The number of hydrogen-bond donors (Lipinski definition) is 1. The number of carbonyl (C=O) groups excluding carboxylic acids is 1. The highest BCUT2D eigenvalue weighted by Gasteiger charge is 2.34. The molecule has 1 unspecified atom stereocenters. The zero-order valence-electron chi connectivity index (χ0n) is 20.8. The first kappa shape index (κ1) is 25.7. The minimum atomic E-state index is -1.15. The molecule has 2 amide bonds. The van der Waals surface area contributed by atoms with E-state index >= 15 is 0 Å². The van der Waals surface area contributed by atoms with Gasteiger partial charge in [0.05, 0.1) is 12.2 Å². The number of amides is 2. The Morgan fingerprint density at radius 2 is 1.82 bits per heavy atom. The maximum atomic E-state index is 14.7. The van der Waals surface area contributed by atoms with E-state index in [-0.39, 0.29) is 11.8 Å². The predicted octanol–water partition coefficient (Wildman–Crippen LogP) is 3.31. The third kappa shape index (κ3) is 4.94. The monoisotopic (exact) mass is 529 g/mol. The number of nitrogens with zero attached hydrogens (tertiary/aromatic N) is 7. The highest BCUT2D eigenvalue weighted by atomic mass is 19.1. The number of halogens is 3. The number of aliphatic hydroxyl groups is 1. The molecule has 200 valence electrons. The van der Waals surface area contributed by atoms with E-state index in [2.05, 4.69) is 15.1 Å². The fraction of sp³-hybridized carbons (Fsp3) is 0.360. The molecule has 13 heteroatoms. The van der Waals surface area contributed by atoms with Crippen LogP contribution in [0.5, 0.6) is 0 Å². The molecule has 1 fully saturated rings. The molecule has 0 spiro atoms. The van der Waals surface area contributed by atoms with Gasteiger partial charge in [-0.15, -0.1) is 0 Å². The van der Waals surface area contributed by atoms with Crippen molar-refractivity contribution in [2.45, 2.75) is 25.7 Å². The zero-order valence-corrected chi connectivity index (χ0v) is 20.8. The molecule has 2 aromatic heterocycles. The zero-order chi connectivity index (χ0) is 27.0. The molecule has 0 radical (unpaired) electrons. The number of rotatable bonds is 5. The molecule has 38 heavy (non-hydrogen) atoms. The number of hydrazone groups is 1. The van der Waals surface area contributed by atoms with Crippen LogP contribution in [0, 0.1) is 24.4 Å². The van der Waals surface area contributed by atoms with Crippen LogP contribution in [0.2, 0.25) is 0 Å². The van der Waals surface area contributed by atoms with Crippen molar-refractivity contribution in [3.05, 3.63) is 70.9 Å². The fourth-order valence-corrected chi connectivity index (χ4v) is 4.65. The second kappa shape index (κ2) is 10.4. The summed E-state index contributed by atoms with van der Waals surface area (Å²) < 4.78 is 48.6.